The molecule has 0 heterocycles. The third-order valence-electron chi connectivity index (χ3n) is 3.16. The van der Waals surface area contributed by atoms with Crippen molar-refractivity contribution >= 4 is 18.3 Å². The van der Waals surface area contributed by atoms with Crippen molar-refractivity contribution in [2.45, 2.75) is 12.5 Å². The molecule has 132 valence electrons. The van der Waals surface area contributed by atoms with Crippen molar-refractivity contribution in [3.8, 4) is 17.2 Å². The molecule has 0 aromatic heterocycles. The Hall–Kier alpha value is -1.70. The number of hydrogen-bond acceptors (Lipinski definition) is 6. The van der Waals surface area contributed by atoms with E-state index in [0.717, 1.165) is 5.56 Å². The summed E-state index contributed by atoms with van der Waals surface area (Å²) >= 11 is 0. The molecule has 0 aliphatic rings. The van der Waals surface area contributed by atoms with Crippen LogP contribution in [0.25, 0.3) is 0 Å². The standard InChI is InChI=1S/C15H24N2O5.ClH/c1-19-9-11(16)15(18)17-8-7-10-5-6-12(20-2)14(22-4)13(10)21-3;/h5-6,11H,7-9,16H2,1-4H3,(H,17,18);1H. The molecule has 1 rings (SSSR count). The molecule has 0 saturated carbocycles. The summed E-state index contributed by atoms with van der Waals surface area (Å²) in [5.74, 6) is 1.47. The second-order valence-corrected chi connectivity index (χ2v) is 4.60. The van der Waals surface area contributed by atoms with Gasteiger partial charge in [-0.25, -0.2) is 0 Å². The van der Waals surface area contributed by atoms with Gasteiger partial charge in [0, 0.05) is 19.2 Å². The number of carbonyl (C=O) groups excluding carboxylic acids is 1. The summed E-state index contributed by atoms with van der Waals surface area (Å²) in [6.07, 6.45) is 0.578. The van der Waals surface area contributed by atoms with Gasteiger partial charge < -0.3 is 30.0 Å². The molecular weight excluding hydrogens is 324 g/mol. The van der Waals surface area contributed by atoms with E-state index in [0.29, 0.717) is 30.2 Å². The highest BCUT2D eigenvalue weighted by molar-refractivity contribution is 5.85. The van der Waals surface area contributed by atoms with Gasteiger partial charge in [0.25, 0.3) is 0 Å². The Labute approximate surface area is 142 Å². The molecule has 0 radical (unpaired) electrons. The second kappa shape index (κ2) is 10.9. The predicted octanol–water partition coefficient (Wildman–Crippen LogP) is 0.767. The van der Waals surface area contributed by atoms with Crippen molar-refractivity contribution in [3.63, 3.8) is 0 Å². The number of amides is 1. The van der Waals surface area contributed by atoms with Gasteiger partial charge in [-0.05, 0) is 12.5 Å². The Balaban J connectivity index is 0.00000484. The third-order valence-corrected chi connectivity index (χ3v) is 3.16. The Kier molecular flexibility index (Phi) is 10.1. The third kappa shape index (κ3) is 5.78. The Morgan fingerprint density at radius 2 is 1.78 bits per heavy atom. The van der Waals surface area contributed by atoms with E-state index in [1.165, 1.54) is 7.11 Å². The minimum atomic E-state index is -0.669. The normalized spacial score (nSPS) is 11.2. The van der Waals surface area contributed by atoms with E-state index >= 15 is 0 Å². The lowest BCUT2D eigenvalue weighted by Gasteiger charge is -2.16. The van der Waals surface area contributed by atoms with Crippen molar-refractivity contribution in [3.05, 3.63) is 17.7 Å². The molecular formula is C15H25ClN2O5. The molecule has 1 aromatic carbocycles. The fourth-order valence-corrected chi connectivity index (χ4v) is 2.07. The van der Waals surface area contributed by atoms with Crippen LogP contribution in [0.4, 0.5) is 0 Å². The molecule has 3 N–H and O–H groups in total. The first-order valence-corrected chi connectivity index (χ1v) is 6.89. The average molecular weight is 349 g/mol. The lowest BCUT2D eigenvalue weighted by atomic mass is 10.1. The Morgan fingerprint density at radius 3 is 2.30 bits per heavy atom. The summed E-state index contributed by atoms with van der Waals surface area (Å²) in [5.41, 5.74) is 6.55. The molecule has 8 heteroatoms. The van der Waals surface area contributed by atoms with E-state index in [2.05, 4.69) is 5.32 Å². The van der Waals surface area contributed by atoms with Crippen LogP contribution in [0, 0.1) is 0 Å². The van der Waals surface area contributed by atoms with Gasteiger partial charge in [0.05, 0.1) is 27.9 Å². The quantitative estimate of drug-likeness (QED) is 0.684. The number of nitrogens with two attached hydrogens (primary N) is 1. The van der Waals surface area contributed by atoms with Crippen molar-refractivity contribution in [2.24, 2.45) is 5.73 Å². The molecule has 23 heavy (non-hydrogen) atoms. The maximum atomic E-state index is 11.7. The largest absolute Gasteiger partial charge is 0.493 e. The zero-order valence-electron chi connectivity index (χ0n) is 13.9. The van der Waals surface area contributed by atoms with Crippen LogP contribution in [0.15, 0.2) is 12.1 Å². The summed E-state index contributed by atoms with van der Waals surface area (Å²) in [4.78, 5) is 11.7. The summed E-state index contributed by atoms with van der Waals surface area (Å²) < 4.78 is 20.8. The zero-order valence-corrected chi connectivity index (χ0v) is 14.7. The number of ether oxygens (including phenoxy) is 4. The summed E-state index contributed by atoms with van der Waals surface area (Å²) in [6.45, 7) is 0.619. The molecule has 0 aliphatic carbocycles. The smallest absolute Gasteiger partial charge is 0.239 e. The van der Waals surface area contributed by atoms with Crippen molar-refractivity contribution in [2.75, 3.05) is 41.6 Å². The molecule has 0 spiro atoms. The average Bonchev–Trinajstić information content (AvgIpc) is 2.53. The first kappa shape index (κ1) is 21.3. The highest BCUT2D eigenvalue weighted by Gasteiger charge is 2.16. The molecule has 0 aliphatic heterocycles. The van der Waals surface area contributed by atoms with Crippen molar-refractivity contribution in [1.29, 1.82) is 0 Å². The molecule has 1 amide bonds. The van der Waals surface area contributed by atoms with Crippen molar-refractivity contribution in [1.82, 2.24) is 5.32 Å². The topological polar surface area (TPSA) is 92.0 Å². The lowest BCUT2D eigenvalue weighted by Crippen LogP contribution is -2.44. The Morgan fingerprint density at radius 1 is 1.13 bits per heavy atom. The van der Waals surface area contributed by atoms with Crippen LogP contribution >= 0.6 is 12.4 Å². The van der Waals surface area contributed by atoms with E-state index in [4.69, 9.17) is 24.7 Å². The summed E-state index contributed by atoms with van der Waals surface area (Å²) in [7, 11) is 6.18. The van der Waals surface area contributed by atoms with Gasteiger partial charge in [-0.15, -0.1) is 12.4 Å². The minimum absolute atomic E-state index is 0. The number of carbonyl (C=O) groups is 1. The van der Waals surface area contributed by atoms with Crippen LogP contribution in [0.2, 0.25) is 0 Å². The fourth-order valence-electron chi connectivity index (χ4n) is 2.07. The summed E-state index contributed by atoms with van der Waals surface area (Å²) in [5, 5.41) is 2.76. The maximum absolute atomic E-state index is 11.7. The van der Waals surface area contributed by atoms with Gasteiger partial charge in [-0.1, -0.05) is 6.07 Å². The SMILES string of the molecule is COCC(N)C(=O)NCCc1ccc(OC)c(OC)c1OC.Cl. The highest BCUT2D eigenvalue weighted by atomic mass is 35.5. The number of rotatable bonds is 9. The van der Waals surface area contributed by atoms with Crippen molar-refractivity contribution < 1.29 is 23.7 Å². The fraction of sp³-hybridized carbons (Fsp3) is 0.533. The van der Waals surface area contributed by atoms with Crippen LogP contribution in [-0.4, -0.2) is 53.5 Å². The lowest BCUT2D eigenvalue weighted by molar-refractivity contribution is -0.123. The second-order valence-electron chi connectivity index (χ2n) is 4.60. The highest BCUT2D eigenvalue weighted by Crippen LogP contribution is 2.39. The molecule has 1 unspecified atom stereocenters. The van der Waals surface area contributed by atoms with E-state index in [-0.39, 0.29) is 24.9 Å². The van der Waals surface area contributed by atoms with E-state index in [1.54, 1.807) is 27.4 Å². The summed E-state index contributed by atoms with van der Waals surface area (Å²) in [6, 6.07) is 3.01. The molecule has 0 fully saturated rings. The molecule has 0 saturated heterocycles. The number of halogens is 1. The first-order chi connectivity index (χ1) is 10.6. The van der Waals surface area contributed by atoms with E-state index < -0.39 is 6.04 Å². The molecule has 7 nitrogen and oxygen atoms in total. The monoisotopic (exact) mass is 348 g/mol. The predicted molar refractivity (Wildman–Crippen MR) is 89.9 cm³/mol. The number of nitrogens with one attached hydrogen (secondary N) is 1. The van der Waals surface area contributed by atoms with Crippen LogP contribution < -0.4 is 25.3 Å². The van der Waals surface area contributed by atoms with Gasteiger partial charge in [-0.2, -0.15) is 0 Å². The molecule has 1 aromatic rings. The van der Waals surface area contributed by atoms with E-state index in [1.807, 2.05) is 6.07 Å². The molecule has 0 bridgehead atoms. The Bertz CT molecular complexity index is 499. The number of methoxy groups -OCH3 is 4. The molecule has 1 atom stereocenters. The van der Waals surface area contributed by atoms with Crippen LogP contribution in [0.5, 0.6) is 17.2 Å². The van der Waals surface area contributed by atoms with E-state index in [9.17, 15) is 4.79 Å². The maximum Gasteiger partial charge on any atom is 0.239 e. The number of benzene rings is 1. The van der Waals surface area contributed by atoms with Gasteiger partial charge in [0.15, 0.2) is 11.5 Å². The van der Waals surface area contributed by atoms with Crippen LogP contribution in [0.1, 0.15) is 5.56 Å². The van der Waals surface area contributed by atoms with Gasteiger partial charge in [-0.3, -0.25) is 4.79 Å². The van der Waals surface area contributed by atoms with Crippen LogP contribution in [0.3, 0.4) is 0 Å². The van der Waals surface area contributed by atoms with Gasteiger partial charge >= 0.3 is 0 Å². The van der Waals surface area contributed by atoms with Gasteiger partial charge in [0.1, 0.15) is 6.04 Å². The van der Waals surface area contributed by atoms with Crippen LogP contribution in [-0.2, 0) is 16.0 Å². The van der Waals surface area contributed by atoms with Gasteiger partial charge in [0.2, 0.25) is 11.7 Å². The zero-order chi connectivity index (χ0) is 16.5. The minimum Gasteiger partial charge on any atom is -0.493 e. The first-order valence-electron chi connectivity index (χ1n) is 6.89. The number of hydrogen-bond donors (Lipinski definition) is 2.